The minimum absolute atomic E-state index is 0.0567. The minimum atomic E-state index is -1.83. The summed E-state index contributed by atoms with van der Waals surface area (Å²) in [5, 5.41) is 0. The van der Waals surface area contributed by atoms with E-state index < -0.39 is 17.6 Å². The quantitative estimate of drug-likeness (QED) is 0.372. The van der Waals surface area contributed by atoms with Gasteiger partial charge in [-0.3, -0.25) is 0 Å². The van der Waals surface area contributed by atoms with Crippen LogP contribution in [0.2, 0.25) is 19.6 Å². The van der Waals surface area contributed by atoms with Crippen molar-refractivity contribution in [2.75, 3.05) is 20.8 Å². The van der Waals surface area contributed by atoms with Crippen LogP contribution in [0.3, 0.4) is 0 Å². The molecule has 0 saturated heterocycles. The molecule has 1 atom stereocenters. The largest absolute Gasteiger partial charge is 0.413 e. The van der Waals surface area contributed by atoms with Gasteiger partial charge in [0.1, 0.15) is 0 Å². The van der Waals surface area contributed by atoms with Crippen LogP contribution in [-0.4, -0.2) is 50.2 Å². The van der Waals surface area contributed by atoms with Gasteiger partial charge in [0.05, 0.1) is 12.3 Å². The smallest absolute Gasteiger partial charge is 0.349 e. The van der Waals surface area contributed by atoms with Gasteiger partial charge in [-0.05, 0) is 26.1 Å². The van der Waals surface area contributed by atoms with Crippen LogP contribution in [0.5, 0.6) is 0 Å². The lowest BCUT2D eigenvalue weighted by molar-refractivity contribution is 0.172. The Balaban J connectivity index is 4.42. The molecule has 0 spiro atoms. The number of nitrogens with zero attached hydrogens (tertiary/aromatic N) is 1. The molecule has 1 unspecified atom stereocenters. The maximum Gasteiger partial charge on any atom is 0.349 e. The molecule has 0 amide bonds. The summed E-state index contributed by atoms with van der Waals surface area (Å²) >= 11 is 0. The van der Waals surface area contributed by atoms with E-state index in [1.54, 1.807) is 14.2 Å². The molecule has 0 aliphatic heterocycles. The summed E-state index contributed by atoms with van der Waals surface area (Å²) in [6, 6.07) is 0. The van der Waals surface area contributed by atoms with Crippen LogP contribution in [0.25, 0.3) is 0 Å². The molecule has 16 heavy (non-hydrogen) atoms. The van der Waals surface area contributed by atoms with Gasteiger partial charge in [0.15, 0.2) is 8.32 Å². The Labute approximate surface area is 99.8 Å². The van der Waals surface area contributed by atoms with E-state index in [9.17, 15) is 4.79 Å². The third-order valence-corrected chi connectivity index (χ3v) is 5.15. The average molecular weight is 263 g/mol. The van der Waals surface area contributed by atoms with Crippen molar-refractivity contribution in [3.63, 3.8) is 0 Å². The second-order valence-corrected chi connectivity index (χ2v) is 11.3. The molecule has 0 rings (SSSR count). The number of aliphatic imine (C=N–C) groups is 1. The van der Waals surface area contributed by atoms with Crippen molar-refractivity contribution in [1.82, 2.24) is 0 Å². The number of carbonyl (C=O) groups excluding carboxylic acids is 1. The lowest BCUT2D eigenvalue weighted by atomic mass is 10.5. The molecule has 0 aliphatic carbocycles. The van der Waals surface area contributed by atoms with E-state index in [1.165, 1.54) is 6.08 Å². The SMILES string of the molecule is CO[SiH](OC)C(CCN=C=O)O[Si](C)(C)C. The molecule has 0 saturated carbocycles. The third kappa shape index (κ3) is 7.05. The molecule has 0 aromatic carbocycles. The van der Waals surface area contributed by atoms with Gasteiger partial charge in [0.2, 0.25) is 6.08 Å². The van der Waals surface area contributed by atoms with Crippen molar-refractivity contribution >= 4 is 23.7 Å². The second-order valence-electron chi connectivity index (χ2n) is 4.37. The van der Waals surface area contributed by atoms with Gasteiger partial charge in [0.25, 0.3) is 0 Å². The normalized spacial score (nSPS) is 13.6. The average Bonchev–Trinajstić information content (AvgIpc) is 2.17. The monoisotopic (exact) mass is 263 g/mol. The highest BCUT2D eigenvalue weighted by Crippen LogP contribution is 2.13. The van der Waals surface area contributed by atoms with Crippen molar-refractivity contribution in [1.29, 1.82) is 0 Å². The van der Waals surface area contributed by atoms with Crippen LogP contribution in [0.1, 0.15) is 6.42 Å². The van der Waals surface area contributed by atoms with E-state index in [0.29, 0.717) is 13.0 Å². The van der Waals surface area contributed by atoms with E-state index in [-0.39, 0.29) is 5.73 Å². The third-order valence-electron chi connectivity index (χ3n) is 1.86. The molecule has 94 valence electrons. The zero-order valence-corrected chi connectivity index (χ0v) is 12.8. The van der Waals surface area contributed by atoms with Crippen LogP contribution in [0, 0.1) is 0 Å². The van der Waals surface area contributed by atoms with Crippen molar-refractivity contribution in [2.45, 2.75) is 31.8 Å². The second kappa shape index (κ2) is 7.88. The molecule has 5 nitrogen and oxygen atoms in total. The summed E-state index contributed by atoms with van der Waals surface area (Å²) in [4.78, 5) is 13.5. The molecule has 0 N–H and O–H groups in total. The molecule has 7 heteroatoms. The van der Waals surface area contributed by atoms with E-state index in [0.717, 1.165) is 0 Å². The zero-order valence-electron chi connectivity index (χ0n) is 10.6. The van der Waals surface area contributed by atoms with Crippen LogP contribution >= 0.6 is 0 Å². The number of hydrogen-bond acceptors (Lipinski definition) is 5. The highest BCUT2D eigenvalue weighted by molar-refractivity contribution is 6.70. The fourth-order valence-corrected chi connectivity index (χ4v) is 5.26. The molecule has 0 radical (unpaired) electrons. The van der Waals surface area contributed by atoms with Crippen LogP contribution in [0.15, 0.2) is 4.99 Å². The molecule has 0 bridgehead atoms. The Morgan fingerprint density at radius 1 is 1.31 bits per heavy atom. The summed E-state index contributed by atoms with van der Waals surface area (Å²) in [6.45, 7) is 6.74. The number of isocyanates is 1. The number of hydrogen-bond donors (Lipinski definition) is 0. The summed E-state index contributed by atoms with van der Waals surface area (Å²) in [6.07, 6.45) is 2.18. The van der Waals surface area contributed by atoms with Crippen molar-refractivity contribution in [3.05, 3.63) is 0 Å². The van der Waals surface area contributed by atoms with Crippen LogP contribution in [0.4, 0.5) is 0 Å². The summed E-state index contributed by atoms with van der Waals surface area (Å²) in [5.41, 5.74) is -0.0567. The Morgan fingerprint density at radius 2 is 1.88 bits per heavy atom. The Hall–Kier alpha value is -0.306. The van der Waals surface area contributed by atoms with E-state index >= 15 is 0 Å². The first-order valence-corrected chi connectivity index (χ1v) is 10.2. The first-order chi connectivity index (χ1) is 7.44. The summed E-state index contributed by atoms with van der Waals surface area (Å²) in [5.74, 6) is 0. The van der Waals surface area contributed by atoms with E-state index in [4.69, 9.17) is 13.3 Å². The van der Waals surface area contributed by atoms with Crippen LogP contribution in [-0.2, 0) is 18.1 Å². The van der Waals surface area contributed by atoms with Gasteiger partial charge < -0.3 is 13.3 Å². The molecule has 0 aromatic heterocycles. The van der Waals surface area contributed by atoms with Gasteiger partial charge in [-0.15, -0.1) is 0 Å². The standard InChI is InChI=1S/C9H21NO4Si2/c1-12-15(13-2)9(6-7-10-8-11)14-16(3,4)5/h9,15H,6-7H2,1-5H3. The van der Waals surface area contributed by atoms with Gasteiger partial charge in [-0.1, -0.05) is 0 Å². The highest BCUT2D eigenvalue weighted by Gasteiger charge is 2.30. The summed E-state index contributed by atoms with van der Waals surface area (Å²) in [7, 11) is -0.210. The molecule has 0 aliphatic rings. The van der Waals surface area contributed by atoms with Crippen LogP contribution < -0.4 is 0 Å². The molecule has 0 heterocycles. The van der Waals surface area contributed by atoms with Gasteiger partial charge in [0, 0.05) is 14.2 Å². The molecule has 0 fully saturated rings. The predicted octanol–water partition coefficient (Wildman–Crippen LogP) is 0.985. The fraction of sp³-hybridized carbons (Fsp3) is 0.889. The van der Waals surface area contributed by atoms with Crippen molar-refractivity contribution in [3.8, 4) is 0 Å². The lowest BCUT2D eigenvalue weighted by Crippen LogP contribution is -2.44. The number of rotatable bonds is 8. The maximum absolute atomic E-state index is 10.0. The molecular weight excluding hydrogens is 242 g/mol. The molecular formula is C9H21NO4Si2. The lowest BCUT2D eigenvalue weighted by Gasteiger charge is -2.29. The zero-order chi connectivity index (χ0) is 12.6. The highest BCUT2D eigenvalue weighted by atomic mass is 28.4. The summed E-state index contributed by atoms with van der Waals surface area (Å²) < 4.78 is 16.6. The Morgan fingerprint density at radius 3 is 2.25 bits per heavy atom. The molecule has 0 aromatic rings. The maximum atomic E-state index is 10.0. The van der Waals surface area contributed by atoms with Gasteiger partial charge in [-0.2, -0.15) is 0 Å². The van der Waals surface area contributed by atoms with Crippen molar-refractivity contribution < 1.29 is 18.1 Å². The Kier molecular flexibility index (Phi) is 7.73. The first-order valence-electron chi connectivity index (χ1n) is 5.21. The van der Waals surface area contributed by atoms with E-state index in [2.05, 4.69) is 24.6 Å². The fourth-order valence-electron chi connectivity index (χ4n) is 1.34. The van der Waals surface area contributed by atoms with Gasteiger partial charge in [-0.25, -0.2) is 9.79 Å². The first kappa shape index (κ1) is 15.7. The van der Waals surface area contributed by atoms with E-state index in [1.807, 2.05) is 0 Å². The van der Waals surface area contributed by atoms with Gasteiger partial charge >= 0.3 is 9.28 Å². The Bertz CT molecular complexity index is 234. The minimum Gasteiger partial charge on any atom is -0.413 e. The predicted molar refractivity (Wildman–Crippen MR) is 67.0 cm³/mol. The van der Waals surface area contributed by atoms with Crippen molar-refractivity contribution in [2.24, 2.45) is 4.99 Å². The topological polar surface area (TPSA) is 57.1 Å².